The Bertz CT molecular complexity index is 1160. The minimum Gasteiger partial charge on any atom is -0.452 e. The number of esters is 1. The first-order chi connectivity index (χ1) is 14.8. The van der Waals surface area contributed by atoms with E-state index in [-0.39, 0.29) is 10.7 Å². The van der Waals surface area contributed by atoms with Crippen LogP contribution in [-0.2, 0) is 14.3 Å². The van der Waals surface area contributed by atoms with Crippen LogP contribution in [0.5, 0.6) is 0 Å². The summed E-state index contributed by atoms with van der Waals surface area (Å²) in [6.45, 7) is -0.562. The normalized spacial score (nSPS) is 10.8. The molecule has 0 radical (unpaired) electrons. The van der Waals surface area contributed by atoms with Crippen molar-refractivity contribution in [2.75, 3.05) is 11.9 Å². The molecular formula is C19H13Cl2N5O5. The molecule has 0 aliphatic carbocycles. The van der Waals surface area contributed by atoms with Gasteiger partial charge in [-0.3, -0.25) is 14.9 Å². The standard InChI is InChI=1S/C19H13Cl2N5O5/c20-13-3-5-16(25-11-22-10-23-25)15(8-13)24-18(27)9-31-19(28)6-2-12-1-4-14(21)17(7-12)26(29)30/h1-8,10-11H,9H2,(H,24,27)/b6-2+. The van der Waals surface area contributed by atoms with E-state index in [4.69, 9.17) is 27.9 Å². The van der Waals surface area contributed by atoms with Gasteiger partial charge in [-0.1, -0.05) is 29.3 Å². The maximum Gasteiger partial charge on any atom is 0.331 e. The van der Waals surface area contributed by atoms with Crippen molar-refractivity contribution in [3.05, 3.63) is 80.9 Å². The number of rotatable bonds is 7. The van der Waals surface area contributed by atoms with Crippen LogP contribution in [0.3, 0.4) is 0 Å². The third-order valence-corrected chi connectivity index (χ3v) is 4.38. The lowest BCUT2D eigenvalue weighted by molar-refractivity contribution is -0.384. The Labute approximate surface area is 185 Å². The first-order valence-electron chi connectivity index (χ1n) is 8.56. The zero-order valence-corrected chi connectivity index (χ0v) is 17.1. The predicted molar refractivity (Wildman–Crippen MR) is 113 cm³/mol. The molecule has 3 aromatic rings. The maximum absolute atomic E-state index is 12.2. The monoisotopic (exact) mass is 461 g/mol. The summed E-state index contributed by atoms with van der Waals surface area (Å²) in [5.41, 5.74) is 0.948. The average Bonchev–Trinajstić information content (AvgIpc) is 3.26. The number of hydrogen-bond acceptors (Lipinski definition) is 7. The molecule has 158 valence electrons. The molecule has 1 heterocycles. The number of nitrogens with zero attached hydrogens (tertiary/aromatic N) is 4. The summed E-state index contributed by atoms with van der Waals surface area (Å²) in [6.07, 6.45) is 5.14. The third-order valence-electron chi connectivity index (χ3n) is 3.82. The van der Waals surface area contributed by atoms with Gasteiger partial charge < -0.3 is 10.1 Å². The third kappa shape index (κ3) is 5.87. The Balaban J connectivity index is 1.60. The summed E-state index contributed by atoms with van der Waals surface area (Å²) in [5, 5.41) is 17.9. The highest BCUT2D eigenvalue weighted by Gasteiger charge is 2.13. The quantitative estimate of drug-likeness (QED) is 0.245. The van der Waals surface area contributed by atoms with Gasteiger partial charge in [-0.15, -0.1) is 0 Å². The van der Waals surface area contributed by atoms with Gasteiger partial charge in [-0.25, -0.2) is 14.5 Å². The van der Waals surface area contributed by atoms with Crippen LogP contribution in [0.1, 0.15) is 5.56 Å². The number of benzene rings is 2. The van der Waals surface area contributed by atoms with E-state index in [1.807, 2.05) is 0 Å². The van der Waals surface area contributed by atoms with Crippen molar-refractivity contribution in [1.29, 1.82) is 0 Å². The number of carbonyl (C=O) groups excluding carboxylic acids is 2. The fourth-order valence-electron chi connectivity index (χ4n) is 2.45. The van der Waals surface area contributed by atoms with Crippen LogP contribution in [0.2, 0.25) is 10.0 Å². The molecule has 0 bridgehead atoms. The number of carbonyl (C=O) groups is 2. The van der Waals surface area contributed by atoms with Gasteiger partial charge in [-0.05, 0) is 35.9 Å². The summed E-state index contributed by atoms with van der Waals surface area (Å²) >= 11 is 11.7. The summed E-state index contributed by atoms with van der Waals surface area (Å²) in [6, 6.07) is 8.84. The summed E-state index contributed by atoms with van der Waals surface area (Å²) in [5.74, 6) is -1.41. The minimum atomic E-state index is -0.810. The minimum absolute atomic E-state index is 0.0207. The van der Waals surface area contributed by atoms with E-state index >= 15 is 0 Å². The number of nitro groups is 1. The van der Waals surface area contributed by atoms with Gasteiger partial charge in [0.1, 0.15) is 17.7 Å². The molecule has 0 saturated carbocycles. The molecule has 0 atom stereocenters. The molecule has 0 unspecified atom stereocenters. The van der Waals surface area contributed by atoms with Crippen molar-refractivity contribution in [2.45, 2.75) is 0 Å². The second kappa shape index (κ2) is 9.83. The van der Waals surface area contributed by atoms with Gasteiger partial charge in [0.15, 0.2) is 6.61 Å². The van der Waals surface area contributed by atoms with Crippen LogP contribution >= 0.6 is 23.2 Å². The molecule has 0 aliphatic rings. The molecule has 1 aromatic heterocycles. The Kier molecular flexibility index (Phi) is 6.96. The number of aromatic nitrogens is 3. The highest BCUT2D eigenvalue weighted by atomic mass is 35.5. The Morgan fingerprint density at radius 2 is 2.03 bits per heavy atom. The zero-order chi connectivity index (χ0) is 22.4. The number of halogens is 2. The Morgan fingerprint density at radius 1 is 1.23 bits per heavy atom. The number of nitro benzene ring substituents is 1. The number of hydrogen-bond donors (Lipinski definition) is 1. The van der Waals surface area contributed by atoms with Crippen molar-refractivity contribution < 1.29 is 19.2 Å². The second-order valence-corrected chi connectivity index (χ2v) is 6.80. The van der Waals surface area contributed by atoms with E-state index in [0.717, 1.165) is 6.08 Å². The molecule has 1 N–H and O–H groups in total. The van der Waals surface area contributed by atoms with Crippen molar-refractivity contribution in [3.63, 3.8) is 0 Å². The number of nitrogens with one attached hydrogen (secondary N) is 1. The summed E-state index contributed by atoms with van der Waals surface area (Å²) in [7, 11) is 0. The van der Waals surface area contributed by atoms with E-state index in [0.29, 0.717) is 22.0 Å². The van der Waals surface area contributed by atoms with Crippen LogP contribution in [-0.4, -0.2) is 38.2 Å². The van der Waals surface area contributed by atoms with Gasteiger partial charge in [-0.2, -0.15) is 5.10 Å². The lowest BCUT2D eigenvalue weighted by Gasteiger charge is -2.11. The molecule has 10 nitrogen and oxygen atoms in total. The molecule has 0 saturated heterocycles. The topological polar surface area (TPSA) is 129 Å². The van der Waals surface area contributed by atoms with Gasteiger partial charge in [0.2, 0.25) is 0 Å². The van der Waals surface area contributed by atoms with Crippen LogP contribution in [0.4, 0.5) is 11.4 Å². The largest absolute Gasteiger partial charge is 0.452 e. The van der Waals surface area contributed by atoms with Gasteiger partial charge in [0.05, 0.1) is 16.3 Å². The maximum atomic E-state index is 12.2. The molecule has 31 heavy (non-hydrogen) atoms. The van der Waals surface area contributed by atoms with Gasteiger partial charge >= 0.3 is 5.97 Å². The highest BCUT2D eigenvalue weighted by Crippen LogP contribution is 2.26. The first kappa shape index (κ1) is 21.9. The number of ether oxygens (including phenoxy) is 1. The molecule has 2 aromatic carbocycles. The van der Waals surface area contributed by atoms with Crippen molar-refractivity contribution in [2.24, 2.45) is 0 Å². The fourth-order valence-corrected chi connectivity index (χ4v) is 2.81. The predicted octanol–water partition coefficient (Wildman–Crippen LogP) is 3.68. The fraction of sp³-hybridized carbons (Fsp3) is 0.0526. The number of anilines is 1. The molecular weight excluding hydrogens is 449 g/mol. The smallest absolute Gasteiger partial charge is 0.331 e. The van der Waals surface area contributed by atoms with Crippen molar-refractivity contribution in [1.82, 2.24) is 14.8 Å². The SMILES string of the molecule is O=C(COC(=O)/C=C/c1ccc(Cl)c([N+](=O)[O-])c1)Nc1cc(Cl)ccc1-n1cncn1. The van der Waals surface area contributed by atoms with Crippen molar-refractivity contribution >= 4 is 52.5 Å². The van der Waals surface area contributed by atoms with E-state index in [1.165, 1.54) is 47.7 Å². The molecule has 12 heteroatoms. The first-order valence-corrected chi connectivity index (χ1v) is 9.32. The second-order valence-electron chi connectivity index (χ2n) is 5.96. The van der Waals surface area contributed by atoms with E-state index in [1.54, 1.807) is 12.1 Å². The molecule has 1 amide bonds. The van der Waals surface area contributed by atoms with Crippen molar-refractivity contribution in [3.8, 4) is 5.69 Å². The van der Waals surface area contributed by atoms with Crippen LogP contribution < -0.4 is 5.32 Å². The van der Waals surface area contributed by atoms with E-state index < -0.39 is 23.4 Å². The molecule has 3 rings (SSSR count). The van der Waals surface area contributed by atoms with Crippen LogP contribution in [0.25, 0.3) is 11.8 Å². The lowest BCUT2D eigenvalue weighted by atomic mass is 10.2. The zero-order valence-electron chi connectivity index (χ0n) is 15.6. The molecule has 0 spiro atoms. The molecule has 0 fully saturated rings. The van der Waals surface area contributed by atoms with Gasteiger partial charge in [0, 0.05) is 17.2 Å². The van der Waals surface area contributed by atoms with E-state index in [2.05, 4.69) is 15.4 Å². The average molecular weight is 462 g/mol. The van der Waals surface area contributed by atoms with Crippen LogP contribution in [0.15, 0.2) is 55.1 Å². The Morgan fingerprint density at radius 3 is 2.74 bits per heavy atom. The summed E-state index contributed by atoms with van der Waals surface area (Å²) < 4.78 is 6.33. The van der Waals surface area contributed by atoms with Gasteiger partial charge in [0.25, 0.3) is 11.6 Å². The summed E-state index contributed by atoms with van der Waals surface area (Å²) in [4.78, 5) is 38.2. The lowest BCUT2D eigenvalue weighted by Crippen LogP contribution is -2.21. The number of amides is 1. The highest BCUT2D eigenvalue weighted by molar-refractivity contribution is 6.32. The van der Waals surface area contributed by atoms with E-state index in [9.17, 15) is 19.7 Å². The Hall–Kier alpha value is -3.76. The van der Waals surface area contributed by atoms with Crippen LogP contribution in [0, 0.1) is 10.1 Å². The molecule has 0 aliphatic heterocycles.